The maximum absolute atomic E-state index is 13.1. The number of benzene rings is 2. The highest BCUT2D eigenvalue weighted by molar-refractivity contribution is 8.00. The molecule has 0 bridgehead atoms. The second-order valence-corrected chi connectivity index (χ2v) is 10.1. The Bertz CT molecular complexity index is 1290. The molecule has 0 unspecified atom stereocenters. The number of carbonyl (C=O) groups excluding carboxylic acids is 1. The van der Waals surface area contributed by atoms with E-state index in [-0.39, 0.29) is 22.4 Å². The normalized spacial score (nSPS) is 13.6. The number of hydrogen-bond donors (Lipinski definition) is 2. The number of sulfonamides is 1. The second kappa shape index (κ2) is 9.82. The fourth-order valence-electron chi connectivity index (χ4n) is 3.10. The van der Waals surface area contributed by atoms with Crippen LogP contribution in [-0.2, 0) is 19.6 Å². The topological polar surface area (TPSA) is 133 Å². The highest BCUT2D eigenvalue weighted by atomic mass is 32.2. The number of thioether (sulfide) groups is 1. The molecule has 0 aliphatic carbocycles. The molecule has 11 heteroatoms. The summed E-state index contributed by atoms with van der Waals surface area (Å²) >= 11 is 1.16. The van der Waals surface area contributed by atoms with Crippen molar-refractivity contribution < 1.29 is 17.9 Å². The van der Waals surface area contributed by atoms with E-state index in [4.69, 9.17) is 9.88 Å². The van der Waals surface area contributed by atoms with Gasteiger partial charge >= 0.3 is 0 Å². The highest BCUT2D eigenvalue weighted by Crippen LogP contribution is 2.26. The number of nitrogens with two attached hydrogens (primary N) is 1. The van der Waals surface area contributed by atoms with Gasteiger partial charge in [-0.05, 0) is 50.2 Å². The van der Waals surface area contributed by atoms with E-state index >= 15 is 0 Å². The Morgan fingerprint density at radius 2 is 1.84 bits per heavy atom. The van der Waals surface area contributed by atoms with Crippen LogP contribution in [0.1, 0.15) is 19.9 Å². The van der Waals surface area contributed by atoms with Gasteiger partial charge in [-0.2, -0.15) is 0 Å². The molecule has 1 heterocycles. The van der Waals surface area contributed by atoms with Crippen LogP contribution in [0.25, 0.3) is 10.9 Å². The van der Waals surface area contributed by atoms with Crippen molar-refractivity contribution in [2.24, 2.45) is 5.14 Å². The van der Waals surface area contributed by atoms with Crippen LogP contribution in [0.15, 0.2) is 63.4 Å². The van der Waals surface area contributed by atoms with Gasteiger partial charge in [-0.15, -0.1) is 0 Å². The summed E-state index contributed by atoms with van der Waals surface area (Å²) in [5.41, 5.74) is 0.771. The minimum Gasteiger partial charge on any atom is -0.383 e. The quantitative estimate of drug-likeness (QED) is 0.377. The molecular formula is C21H24N4O5S2. The summed E-state index contributed by atoms with van der Waals surface area (Å²) in [6, 6.07) is 12.3. The predicted molar refractivity (Wildman–Crippen MR) is 124 cm³/mol. The number of methoxy groups -OCH3 is 1. The molecule has 0 aliphatic rings. The van der Waals surface area contributed by atoms with Crippen LogP contribution >= 0.6 is 11.8 Å². The van der Waals surface area contributed by atoms with E-state index in [1.807, 2.05) is 6.92 Å². The monoisotopic (exact) mass is 476 g/mol. The van der Waals surface area contributed by atoms with Crippen LogP contribution in [0.3, 0.4) is 0 Å². The molecule has 2 atom stereocenters. The molecule has 3 aromatic rings. The Morgan fingerprint density at radius 1 is 1.19 bits per heavy atom. The maximum Gasteiger partial charge on any atom is 0.262 e. The molecule has 3 N–H and O–H groups in total. The average Bonchev–Trinajstić information content (AvgIpc) is 2.73. The number of amides is 1. The van der Waals surface area contributed by atoms with Crippen molar-refractivity contribution in [3.05, 3.63) is 58.9 Å². The van der Waals surface area contributed by atoms with E-state index in [1.54, 1.807) is 42.9 Å². The first-order valence-electron chi connectivity index (χ1n) is 9.72. The van der Waals surface area contributed by atoms with Crippen LogP contribution in [0.4, 0.5) is 5.69 Å². The van der Waals surface area contributed by atoms with Crippen molar-refractivity contribution in [1.82, 2.24) is 9.55 Å². The number of nitrogens with one attached hydrogen (secondary N) is 1. The fraction of sp³-hybridized carbons (Fsp3) is 0.286. The summed E-state index contributed by atoms with van der Waals surface area (Å²) in [6.45, 7) is 3.86. The van der Waals surface area contributed by atoms with Crippen molar-refractivity contribution in [2.75, 3.05) is 19.0 Å². The fourth-order valence-corrected chi connectivity index (χ4v) is 4.62. The van der Waals surface area contributed by atoms with Gasteiger partial charge in [0, 0.05) is 12.8 Å². The zero-order valence-corrected chi connectivity index (χ0v) is 19.4. The number of nitrogens with zero attached hydrogens (tertiary/aromatic N) is 2. The van der Waals surface area contributed by atoms with Crippen LogP contribution < -0.4 is 16.0 Å². The molecule has 0 saturated carbocycles. The smallest absolute Gasteiger partial charge is 0.262 e. The first-order valence-corrected chi connectivity index (χ1v) is 12.1. The van der Waals surface area contributed by atoms with Crippen molar-refractivity contribution in [3.8, 4) is 0 Å². The second-order valence-electron chi connectivity index (χ2n) is 7.21. The number of ether oxygens (including phenoxy) is 1. The third kappa shape index (κ3) is 5.36. The van der Waals surface area contributed by atoms with Gasteiger partial charge < -0.3 is 10.1 Å². The van der Waals surface area contributed by atoms with Gasteiger partial charge in [-0.1, -0.05) is 23.9 Å². The number of hydrogen-bond acceptors (Lipinski definition) is 7. The van der Waals surface area contributed by atoms with Gasteiger partial charge in [0.25, 0.3) is 5.56 Å². The van der Waals surface area contributed by atoms with Crippen molar-refractivity contribution in [1.29, 1.82) is 0 Å². The molecule has 1 amide bonds. The summed E-state index contributed by atoms with van der Waals surface area (Å²) in [7, 11) is -2.26. The molecule has 0 radical (unpaired) electrons. The number of rotatable bonds is 8. The molecule has 9 nitrogen and oxygen atoms in total. The van der Waals surface area contributed by atoms with E-state index in [0.717, 1.165) is 11.8 Å². The minimum atomic E-state index is -3.81. The van der Waals surface area contributed by atoms with Crippen LogP contribution in [0.5, 0.6) is 0 Å². The Hall–Kier alpha value is -2.73. The molecule has 2 aromatic carbocycles. The Kier molecular flexibility index (Phi) is 7.34. The SMILES string of the molecule is COC[C@H](C)n1c(S[C@H](C)C(=O)Nc2ccc(S(N)(=O)=O)cc2)nc2ccccc2c1=O. The molecule has 3 rings (SSSR count). The third-order valence-corrected chi connectivity index (χ3v) is 6.72. The van der Waals surface area contributed by atoms with E-state index in [2.05, 4.69) is 10.3 Å². The maximum atomic E-state index is 13.1. The Balaban J connectivity index is 1.86. The first kappa shape index (κ1) is 23.9. The minimum absolute atomic E-state index is 0.0468. The zero-order valence-electron chi connectivity index (χ0n) is 17.8. The number of primary sulfonamides is 1. The van der Waals surface area contributed by atoms with Crippen LogP contribution in [0.2, 0.25) is 0 Å². The van der Waals surface area contributed by atoms with Crippen molar-refractivity contribution >= 4 is 44.3 Å². The third-order valence-electron chi connectivity index (χ3n) is 4.73. The number of anilines is 1. The number of carbonyl (C=O) groups is 1. The molecule has 0 spiro atoms. The summed E-state index contributed by atoms with van der Waals surface area (Å²) in [6.07, 6.45) is 0. The van der Waals surface area contributed by atoms with E-state index in [1.165, 1.54) is 24.3 Å². The Labute approximate surface area is 190 Å². The summed E-state index contributed by atoms with van der Waals surface area (Å²) < 4.78 is 29.5. The molecule has 0 fully saturated rings. The zero-order chi connectivity index (χ0) is 23.5. The van der Waals surface area contributed by atoms with Gasteiger partial charge in [-0.25, -0.2) is 18.5 Å². The summed E-state index contributed by atoms with van der Waals surface area (Å²) in [4.78, 5) is 30.4. The lowest BCUT2D eigenvalue weighted by molar-refractivity contribution is -0.115. The Morgan fingerprint density at radius 3 is 2.47 bits per heavy atom. The molecule has 0 saturated heterocycles. The lowest BCUT2D eigenvalue weighted by atomic mass is 10.2. The van der Waals surface area contributed by atoms with Crippen molar-refractivity contribution in [3.63, 3.8) is 0 Å². The van der Waals surface area contributed by atoms with Gasteiger partial charge in [-0.3, -0.25) is 14.2 Å². The van der Waals surface area contributed by atoms with Crippen molar-refractivity contribution in [2.45, 2.75) is 35.2 Å². The molecule has 1 aromatic heterocycles. The molecular weight excluding hydrogens is 452 g/mol. The molecule has 0 aliphatic heterocycles. The lowest BCUT2D eigenvalue weighted by Gasteiger charge is -2.20. The van der Waals surface area contributed by atoms with E-state index in [0.29, 0.717) is 28.4 Å². The summed E-state index contributed by atoms with van der Waals surface area (Å²) in [5.74, 6) is -0.327. The predicted octanol–water partition coefficient (Wildman–Crippen LogP) is 2.37. The number of fused-ring (bicyclic) bond motifs is 1. The van der Waals surface area contributed by atoms with Gasteiger partial charge in [0.05, 0.1) is 33.7 Å². The standard InChI is InChI=1S/C21H24N4O5S2/c1-13(12-30-3)25-20(27)17-6-4-5-7-18(17)24-21(25)31-14(2)19(26)23-15-8-10-16(11-9-15)32(22,28)29/h4-11,13-14H,12H2,1-3H3,(H,23,26)(H2,22,28,29)/t13-,14+/m0/s1. The van der Waals surface area contributed by atoms with Crippen LogP contribution in [-0.4, -0.2) is 42.8 Å². The van der Waals surface area contributed by atoms with Crippen LogP contribution in [0, 0.1) is 0 Å². The van der Waals surface area contributed by atoms with E-state index < -0.39 is 15.3 Å². The largest absolute Gasteiger partial charge is 0.383 e. The van der Waals surface area contributed by atoms with E-state index in [9.17, 15) is 18.0 Å². The van der Waals surface area contributed by atoms with Gasteiger partial charge in [0.2, 0.25) is 15.9 Å². The average molecular weight is 477 g/mol. The summed E-state index contributed by atoms with van der Waals surface area (Å²) in [5, 5.41) is 8.13. The molecule has 32 heavy (non-hydrogen) atoms. The number of aromatic nitrogens is 2. The molecule has 170 valence electrons. The lowest BCUT2D eigenvalue weighted by Crippen LogP contribution is -2.30. The number of para-hydroxylation sites is 1. The highest BCUT2D eigenvalue weighted by Gasteiger charge is 2.22. The first-order chi connectivity index (χ1) is 15.1. The van der Waals surface area contributed by atoms with Gasteiger partial charge in [0.1, 0.15) is 0 Å². The van der Waals surface area contributed by atoms with Gasteiger partial charge in [0.15, 0.2) is 5.16 Å².